The van der Waals surface area contributed by atoms with Gasteiger partial charge in [-0.25, -0.2) is 0 Å². The first-order valence-electron chi connectivity index (χ1n) is 9.33. The Balaban J connectivity index is 1.43. The predicted molar refractivity (Wildman–Crippen MR) is 96.2 cm³/mol. The maximum Gasteiger partial charge on any atom is 0.260 e. The van der Waals surface area contributed by atoms with E-state index >= 15 is 0 Å². The summed E-state index contributed by atoms with van der Waals surface area (Å²) in [5.41, 5.74) is 1.15. The second kappa shape index (κ2) is 8.02. The molecule has 2 fully saturated rings. The summed E-state index contributed by atoms with van der Waals surface area (Å²) >= 11 is 0. The third kappa shape index (κ3) is 4.50. The summed E-state index contributed by atoms with van der Waals surface area (Å²) in [4.78, 5) is 16.9. The molecule has 24 heavy (non-hydrogen) atoms. The van der Waals surface area contributed by atoms with Crippen molar-refractivity contribution in [1.29, 1.82) is 0 Å². The van der Waals surface area contributed by atoms with Gasteiger partial charge in [0.2, 0.25) is 0 Å². The summed E-state index contributed by atoms with van der Waals surface area (Å²) < 4.78 is 5.65. The monoisotopic (exact) mass is 330 g/mol. The summed E-state index contributed by atoms with van der Waals surface area (Å²) in [6, 6.07) is 8.59. The minimum atomic E-state index is 0.105. The van der Waals surface area contributed by atoms with Gasteiger partial charge in [0.15, 0.2) is 6.61 Å². The summed E-state index contributed by atoms with van der Waals surface area (Å²) in [5.74, 6) is 1.73. The number of aryl methyl sites for hydroxylation is 1. The lowest BCUT2D eigenvalue weighted by molar-refractivity contribution is -0.135. The van der Waals surface area contributed by atoms with Gasteiger partial charge in [-0.1, -0.05) is 31.9 Å². The molecule has 0 radical (unpaired) electrons. The van der Waals surface area contributed by atoms with E-state index in [4.69, 9.17) is 4.74 Å². The van der Waals surface area contributed by atoms with Crippen molar-refractivity contribution in [3.8, 4) is 5.75 Å². The number of piperazine rings is 1. The topological polar surface area (TPSA) is 32.8 Å². The molecule has 1 amide bonds. The van der Waals surface area contributed by atoms with Crippen molar-refractivity contribution in [3.05, 3.63) is 29.8 Å². The highest BCUT2D eigenvalue weighted by Crippen LogP contribution is 2.27. The third-order valence-electron chi connectivity index (χ3n) is 5.44. The standard InChI is InChI=1S/C20H30N2O2/c1-16-5-3-7-18(13-16)21-9-11-22(12-10-21)20(23)15-24-19-8-4-6-17(2)14-19/h4,6,8,14,16,18H,3,5,7,9-13,15H2,1-2H3. The second-order valence-electron chi connectivity index (χ2n) is 7.45. The van der Waals surface area contributed by atoms with Crippen LogP contribution in [0, 0.1) is 12.8 Å². The van der Waals surface area contributed by atoms with Crippen molar-refractivity contribution in [2.24, 2.45) is 5.92 Å². The van der Waals surface area contributed by atoms with Crippen LogP contribution in [0.1, 0.15) is 38.2 Å². The van der Waals surface area contributed by atoms with Crippen LogP contribution in [0.25, 0.3) is 0 Å². The van der Waals surface area contributed by atoms with Crippen LogP contribution < -0.4 is 4.74 Å². The lowest BCUT2D eigenvalue weighted by Gasteiger charge is -2.42. The van der Waals surface area contributed by atoms with Crippen molar-refractivity contribution in [2.45, 2.75) is 45.6 Å². The highest BCUT2D eigenvalue weighted by atomic mass is 16.5. The minimum Gasteiger partial charge on any atom is -0.484 e. The molecule has 4 nitrogen and oxygen atoms in total. The lowest BCUT2D eigenvalue weighted by Crippen LogP contribution is -2.53. The Morgan fingerprint density at radius 2 is 2.00 bits per heavy atom. The average molecular weight is 330 g/mol. The molecule has 1 aromatic carbocycles. The average Bonchev–Trinajstić information content (AvgIpc) is 2.60. The van der Waals surface area contributed by atoms with Crippen molar-refractivity contribution in [1.82, 2.24) is 9.80 Å². The van der Waals surface area contributed by atoms with Crippen molar-refractivity contribution < 1.29 is 9.53 Å². The minimum absolute atomic E-state index is 0.105. The van der Waals surface area contributed by atoms with Crippen LogP contribution in [-0.4, -0.2) is 54.5 Å². The summed E-state index contributed by atoms with van der Waals surface area (Å²) in [5, 5.41) is 0. The van der Waals surface area contributed by atoms with Gasteiger partial charge in [0.25, 0.3) is 5.91 Å². The van der Waals surface area contributed by atoms with E-state index < -0.39 is 0 Å². The Morgan fingerprint density at radius 3 is 2.71 bits per heavy atom. The summed E-state index contributed by atoms with van der Waals surface area (Å²) in [7, 11) is 0. The first-order chi connectivity index (χ1) is 11.6. The van der Waals surface area contributed by atoms with E-state index in [1.807, 2.05) is 36.1 Å². The van der Waals surface area contributed by atoms with Gasteiger partial charge in [-0.2, -0.15) is 0 Å². The number of benzene rings is 1. The van der Waals surface area contributed by atoms with Crippen molar-refractivity contribution in [3.63, 3.8) is 0 Å². The molecular weight excluding hydrogens is 300 g/mol. The van der Waals surface area contributed by atoms with Gasteiger partial charge in [-0.05, 0) is 43.4 Å². The molecular formula is C20H30N2O2. The zero-order valence-corrected chi connectivity index (χ0v) is 15.0. The van der Waals surface area contributed by atoms with Gasteiger partial charge in [-0.15, -0.1) is 0 Å². The quantitative estimate of drug-likeness (QED) is 0.850. The first kappa shape index (κ1) is 17.3. The molecule has 2 unspecified atom stereocenters. The SMILES string of the molecule is Cc1cccc(OCC(=O)N2CCN(C3CCCC(C)C3)CC2)c1. The van der Waals surface area contributed by atoms with E-state index in [1.54, 1.807) is 0 Å². The highest BCUT2D eigenvalue weighted by molar-refractivity contribution is 5.77. The third-order valence-corrected chi connectivity index (χ3v) is 5.44. The fourth-order valence-electron chi connectivity index (χ4n) is 4.01. The van der Waals surface area contributed by atoms with E-state index in [0.717, 1.165) is 49.5 Å². The molecule has 1 saturated carbocycles. The second-order valence-corrected chi connectivity index (χ2v) is 7.45. The molecule has 1 aliphatic carbocycles. The molecule has 132 valence electrons. The summed E-state index contributed by atoms with van der Waals surface area (Å²) in [6.45, 7) is 8.22. The predicted octanol–water partition coefficient (Wildman–Crippen LogP) is 3.10. The smallest absolute Gasteiger partial charge is 0.260 e. The van der Waals surface area contributed by atoms with Crippen molar-refractivity contribution >= 4 is 5.91 Å². The first-order valence-corrected chi connectivity index (χ1v) is 9.33. The summed E-state index contributed by atoms with van der Waals surface area (Å²) in [6.07, 6.45) is 5.39. The molecule has 0 bridgehead atoms. The fraction of sp³-hybridized carbons (Fsp3) is 0.650. The normalized spacial score (nSPS) is 25.5. The van der Waals surface area contributed by atoms with Crippen molar-refractivity contribution in [2.75, 3.05) is 32.8 Å². The van der Waals surface area contributed by atoms with Gasteiger partial charge >= 0.3 is 0 Å². The number of amides is 1. The van der Waals surface area contributed by atoms with Crippen LogP contribution in [0.3, 0.4) is 0 Å². The van der Waals surface area contributed by atoms with Gasteiger partial charge in [-0.3, -0.25) is 9.69 Å². The highest BCUT2D eigenvalue weighted by Gasteiger charge is 2.28. The maximum atomic E-state index is 12.4. The molecule has 0 spiro atoms. The molecule has 4 heteroatoms. The van der Waals surface area contributed by atoms with Crippen LogP contribution in [-0.2, 0) is 4.79 Å². The number of ether oxygens (including phenoxy) is 1. The van der Waals surface area contributed by atoms with E-state index in [-0.39, 0.29) is 12.5 Å². The molecule has 3 rings (SSSR count). The Labute approximate surface area is 145 Å². The Morgan fingerprint density at radius 1 is 1.21 bits per heavy atom. The Kier molecular flexibility index (Phi) is 5.77. The molecule has 1 aromatic rings. The molecule has 1 saturated heterocycles. The Bertz CT molecular complexity index is 552. The number of rotatable bonds is 4. The van der Waals surface area contributed by atoms with Crippen LogP contribution in [0.2, 0.25) is 0 Å². The van der Waals surface area contributed by atoms with Crippen LogP contribution >= 0.6 is 0 Å². The molecule has 1 heterocycles. The maximum absolute atomic E-state index is 12.4. The number of carbonyl (C=O) groups is 1. The van der Waals surface area contributed by atoms with E-state index in [2.05, 4.69) is 11.8 Å². The molecule has 2 aliphatic rings. The van der Waals surface area contributed by atoms with E-state index in [0.29, 0.717) is 0 Å². The number of hydrogen-bond donors (Lipinski definition) is 0. The molecule has 0 aromatic heterocycles. The van der Waals surface area contributed by atoms with Gasteiger partial charge in [0.05, 0.1) is 0 Å². The van der Waals surface area contributed by atoms with E-state index in [9.17, 15) is 4.79 Å². The zero-order valence-electron chi connectivity index (χ0n) is 15.0. The Hall–Kier alpha value is -1.55. The zero-order chi connectivity index (χ0) is 16.9. The van der Waals surface area contributed by atoms with Gasteiger partial charge < -0.3 is 9.64 Å². The number of nitrogens with zero attached hydrogens (tertiary/aromatic N) is 2. The van der Waals surface area contributed by atoms with Crippen LogP contribution in [0.4, 0.5) is 0 Å². The number of hydrogen-bond acceptors (Lipinski definition) is 3. The number of carbonyl (C=O) groups excluding carboxylic acids is 1. The van der Waals surface area contributed by atoms with Crippen LogP contribution in [0.15, 0.2) is 24.3 Å². The molecule has 1 aliphatic heterocycles. The largest absolute Gasteiger partial charge is 0.484 e. The van der Waals surface area contributed by atoms with Gasteiger partial charge in [0, 0.05) is 32.2 Å². The van der Waals surface area contributed by atoms with Crippen LogP contribution in [0.5, 0.6) is 5.75 Å². The fourth-order valence-corrected chi connectivity index (χ4v) is 4.01. The van der Waals surface area contributed by atoms with Gasteiger partial charge in [0.1, 0.15) is 5.75 Å². The lowest BCUT2D eigenvalue weighted by atomic mass is 9.86. The molecule has 2 atom stereocenters. The van der Waals surface area contributed by atoms with E-state index in [1.165, 1.54) is 25.7 Å². The molecule has 0 N–H and O–H groups in total.